The number of primary amides is 1. The quantitative estimate of drug-likeness (QED) is 0.871. The number of para-hydroxylation sites is 1. The summed E-state index contributed by atoms with van der Waals surface area (Å²) >= 11 is 0. The first-order chi connectivity index (χ1) is 9.39. The van der Waals surface area contributed by atoms with E-state index in [9.17, 15) is 4.79 Å². The van der Waals surface area contributed by atoms with Crippen molar-refractivity contribution in [3.63, 3.8) is 0 Å². The van der Waals surface area contributed by atoms with E-state index in [2.05, 4.69) is 20.8 Å². The van der Waals surface area contributed by atoms with Crippen LogP contribution >= 0.6 is 0 Å². The van der Waals surface area contributed by atoms with E-state index in [4.69, 9.17) is 5.73 Å². The minimum Gasteiger partial charge on any atom is -0.351 e. The average Bonchev–Trinajstić information content (AvgIpc) is 2.39. The van der Waals surface area contributed by atoms with E-state index in [1.54, 1.807) is 0 Å². The molecule has 2 amide bonds. The van der Waals surface area contributed by atoms with Crippen molar-refractivity contribution in [3.05, 3.63) is 60.2 Å². The van der Waals surface area contributed by atoms with Gasteiger partial charge in [0.25, 0.3) is 0 Å². The fraction of sp³-hybridized carbons (Fsp3) is 0.235. The van der Waals surface area contributed by atoms with Gasteiger partial charge in [-0.05, 0) is 35.2 Å². The number of urea groups is 1. The smallest absolute Gasteiger partial charge is 0.323 e. The number of carbonyl (C=O) groups is 1. The minimum atomic E-state index is -0.486. The molecule has 0 saturated carbocycles. The normalized spacial score (nSPS) is 11.2. The summed E-state index contributed by atoms with van der Waals surface area (Å²) in [6.45, 7) is 6.47. The maximum Gasteiger partial charge on any atom is 0.323 e. The lowest BCUT2D eigenvalue weighted by Crippen LogP contribution is -2.31. The van der Waals surface area contributed by atoms with Crippen molar-refractivity contribution in [3.8, 4) is 0 Å². The summed E-state index contributed by atoms with van der Waals surface area (Å²) in [6, 6.07) is 16.8. The summed E-state index contributed by atoms with van der Waals surface area (Å²) in [7, 11) is 0. The molecule has 0 aliphatic rings. The molecule has 104 valence electrons. The van der Waals surface area contributed by atoms with Gasteiger partial charge in [-0.3, -0.25) is 4.90 Å². The van der Waals surface area contributed by atoms with Gasteiger partial charge in [0.15, 0.2) is 0 Å². The fourth-order valence-corrected chi connectivity index (χ4v) is 2.09. The van der Waals surface area contributed by atoms with Crippen LogP contribution in [0.15, 0.2) is 54.6 Å². The van der Waals surface area contributed by atoms with Crippen molar-refractivity contribution < 1.29 is 4.79 Å². The van der Waals surface area contributed by atoms with E-state index >= 15 is 0 Å². The molecule has 0 atom stereocenters. The van der Waals surface area contributed by atoms with Gasteiger partial charge < -0.3 is 5.73 Å². The molecule has 0 spiro atoms. The molecule has 0 unspecified atom stereocenters. The van der Waals surface area contributed by atoms with Crippen molar-refractivity contribution >= 4 is 17.4 Å². The zero-order valence-electron chi connectivity index (χ0n) is 12.1. The van der Waals surface area contributed by atoms with E-state index in [-0.39, 0.29) is 5.41 Å². The Bertz CT molecular complexity index is 583. The van der Waals surface area contributed by atoms with Crippen LogP contribution in [0.3, 0.4) is 0 Å². The molecule has 20 heavy (non-hydrogen) atoms. The Morgan fingerprint density at radius 2 is 1.40 bits per heavy atom. The first kappa shape index (κ1) is 14.1. The maximum atomic E-state index is 11.7. The largest absolute Gasteiger partial charge is 0.351 e. The number of benzene rings is 2. The average molecular weight is 268 g/mol. The zero-order valence-corrected chi connectivity index (χ0v) is 12.1. The van der Waals surface area contributed by atoms with Gasteiger partial charge in [0.2, 0.25) is 0 Å². The minimum absolute atomic E-state index is 0.0861. The number of nitrogens with two attached hydrogens (primary N) is 1. The van der Waals surface area contributed by atoms with Crippen LogP contribution in [0, 0.1) is 0 Å². The summed E-state index contributed by atoms with van der Waals surface area (Å²) in [5.74, 6) is 0. The van der Waals surface area contributed by atoms with E-state index < -0.39 is 6.03 Å². The van der Waals surface area contributed by atoms with E-state index in [1.165, 1.54) is 10.5 Å². The predicted molar refractivity (Wildman–Crippen MR) is 83.3 cm³/mol. The lowest BCUT2D eigenvalue weighted by Gasteiger charge is -2.23. The Kier molecular flexibility index (Phi) is 3.79. The molecule has 0 aliphatic carbocycles. The van der Waals surface area contributed by atoms with Crippen LogP contribution in [0.5, 0.6) is 0 Å². The Labute approximate surface area is 120 Å². The molecule has 0 fully saturated rings. The maximum absolute atomic E-state index is 11.7. The third kappa shape index (κ3) is 2.99. The van der Waals surface area contributed by atoms with Crippen LogP contribution in [-0.4, -0.2) is 6.03 Å². The summed E-state index contributed by atoms with van der Waals surface area (Å²) in [6.07, 6.45) is 0. The first-order valence-electron chi connectivity index (χ1n) is 6.65. The SMILES string of the molecule is CC(C)(C)c1ccc(N(C(N)=O)c2ccccc2)cc1. The van der Waals surface area contributed by atoms with Crippen LogP contribution in [-0.2, 0) is 5.41 Å². The Morgan fingerprint density at radius 3 is 1.85 bits per heavy atom. The standard InChI is InChI=1S/C17H20N2O/c1-17(2,3)13-9-11-15(12-10-13)19(16(18)20)14-7-5-4-6-8-14/h4-12H,1-3H3,(H2,18,20). The summed E-state index contributed by atoms with van der Waals surface area (Å²) < 4.78 is 0. The molecular weight excluding hydrogens is 248 g/mol. The lowest BCUT2D eigenvalue weighted by molar-refractivity contribution is 0.256. The molecule has 0 radical (unpaired) electrons. The number of rotatable bonds is 2. The van der Waals surface area contributed by atoms with E-state index in [1.807, 2.05) is 54.6 Å². The molecule has 2 aromatic rings. The molecule has 2 N–H and O–H groups in total. The van der Waals surface area contributed by atoms with Gasteiger partial charge in [-0.25, -0.2) is 4.79 Å². The monoisotopic (exact) mass is 268 g/mol. The second-order valence-corrected chi connectivity index (χ2v) is 5.81. The topological polar surface area (TPSA) is 46.3 Å². The number of amides is 2. The molecule has 0 bridgehead atoms. The molecule has 2 rings (SSSR count). The number of hydrogen-bond acceptors (Lipinski definition) is 1. The number of hydrogen-bond donors (Lipinski definition) is 1. The third-order valence-corrected chi connectivity index (χ3v) is 3.23. The van der Waals surface area contributed by atoms with Crippen LogP contribution < -0.4 is 10.6 Å². The first-order valence-corrected chi connectivity index (χ1v) is 6.65. The fourth-order valence-electron chi connectivity index (χ4n) is 2.09. The molecule has 2 aromatic carbocycles. The van der Waals surface area contributed by atoms with Gasteiger partial charge >= 0.3 is 6.03 Å². The third-order valence-electron chi connectivity index (χ3n) is 3.23. The van der Waals surface area contributed by atoms with Crippen molar-refractivity contribution in [2.24, 2.45) is 5.73 Å². The van der Waals surface area contributed by atoms with Gasteiger partial charge in [0, 0.05) is 0 Å². The van der Waals surface area contributed by atoms with Crippen molar-refractivity contribution in [2.45, 2.75) is 26.2 Å². The molecule has 0 heterocycles. The lowest BCUT2D eigenvalue weighted by atomic mass is 9.87. The molecule has 0 aromatic heterocycles. The molecule has 0 saturated heterocycles. The van der Waals surface area contributed by atoms with Crippen molar-refractivity contribution in [2.75, 3.05) is 4.90 Å². The van der Waals surface area contributed by atoms with E-state index in [0.717, 1.165) is 11.4 Å². The second kappa shape index (κ2) is 5.37. The Hall–Kier alpha value is -2.29. The van der Waals surface area contributed by atoms with E-state index in [0.29, 0.717) is 0 Å². The van der Waals surface area contributed by atoms with Gasteiger partial charge in [-0.15, -0.1) is 0 Å². The summed E-state index contributed by atoms with van der Waals surface area (Å²) in [5, 5.41) is 0. The van der Waals surface area contributed by atoms with Gasteiger partial charge in [-0.1, -0.05) is 51.1 Å². The molecule has 3 heteroatoms. The zero-order chi connectivity index (χ0) is 14.8. The highest BCUT2D eigenvalue weighted by molar-refractivity contribution is 5.98. The van der Waals surface area contributed by atoms with Crippen LogP contribution in [0.1, 0.15) is 26.3 Å². The Balaban J connectivity index is 2.39. The predicted octanol–water partition coefficient (Wildman–Crippen LogP) is 4.20. The summed E-state index contributed by atoms with van der Waals surface area (Å²) in [4.78, 5) is 13.2. The highest BCUT2D eigenvalue weighted by atomic mass is 16.2. The second-order valence-electron chi connectivity index (χ2n) is 5.81. The number of anilines is 2. The van der Waals surface area contributed by atoms with Gasteiger partial charge in [0.1, 0.15) is 0 Å². The molecule has 0 aliphatic heterocycles. The number of carbonyl (C=O) groups excluding carboxylic acids is 1. The summed E-state index contributed by atoms with van der Waals surface area (Å²) in [5.41, 5.74) is 8.36. The van der Waals surface area contributed by atoms with Gasteiger partial charge in [-0.2, -0.15) is 0 Å². The Morgan fingerprint density at radius 1 is 0.900 bits per heavy atom. The van der Waals surface area contributed by atoms with Crippen LogP contribution in [0.25, 0.3) is 0 Å². The highest BCUT2D eigenvalue weighted by Crippen LogP contribution is 2.28. The van der Waals surface area contributed by atoms with Crippen LogP contribution in [0.4, 0.5) is 16.2 Å². The molecular formula is C17H20N2O. The number of nitrogens with zero attached hydrogens (tertiary/aromatic N) is 1. The molecule has 3 nitrogen and oxygen atoms in total. The highest BCUT2D eigenvalue weighted by Gasteiger charge is 2.17. The van der Waals surface area contributed by atoms with Crippen molar-refractivity contribution in [1.29, 1.82) is 0 Å². The van der Waals surface area contributed by atoms with Gasteiger partial charge in [0.05, 0.1) is 11.4 Å². The van der Waals surface area contributed by atoms with Crippen LogP contribution in [0.2, 0.25) is 0 Å². The van der Waals surface area contributed by atoms with Crippen molar-refractivity contribution in [1.82, 2.24) is 0 Å².